The Hall–Kier alpha value is -1.35. The van der Waals surface area contributed by atoms with Crippen LogP contribution in [0.3, 0.4) is 0 Å². The summed E-state index contributed by atoms with van der Waals surface area (Å²) < 4.78 is 4.94. The summed E-state index contributed by atoms with van der Waals surface area (Å²) in [5, 5.41) is 3.43. The zero-order valence-electron chi connectivity index (χ0n) is 12.2. The van der Waals surface area contributed by atoms with E-state index in [4.69, 9.17) is 4.74 Å². The minimum atomic E-state index is -0.179. The molecular formula is C16H25NO2. The van der Waals surface area contributed by atoms with Gasteiger partial charge in [-0.25, -0.2) is 0 Å². The molecule has 1 N–H and O–H groups in total. The second kappa shape index (κ2) is 8.70. The van der Waals surface area contributed by atoms with Crippen LogP contribution in [0.15, 0.2) is 30.3 Å². The summed E-state index contributed by atoms with van der Waals surface area (Å²) in [6.07, 6.45) is 3.41. The van der Waals surface area contributed by atoms with Crippen molar-refractivity contribution in [3.05, 3.63) is 35.9 Å². The first-order valence-corrected chi connectivity index (χ1v) is 7.19. The third-order valence-corrected chi connectivity index (χ3v) is 3.36. The first kappa shape index (κ1) is 15.7. The zero-order valence-corrected chi connectivity index (χ0v) is 12.2. The molecule has 0 spiro atoms. The maximum atomic E-state index is 11.9. The second-order valence-corrected chi connectivity index (χ2v) is 4.47. The summed E-state index contributed by atoms with van der Waals surface area (Å²) in [5.41, 5.74) is 1.04. The number of benzene rings is 1. The molecule has 106 valence electrons. The molecule has 0 bridgehead atoms. The second-order valence-electron chi connectivity index (χ2n) is 4.47. The Bertz CT molecular complexity index is 358. The molecule has 1 aliphatic rings. The summed E-state index contributed by atoms with van der Waals surface area (Å²) in [7, 11) is 1.46. The van der Waals surface area contributed by atoms with Crippen molar-refractivity contribution in [2.24, 2.45) is 0 Å². The Morgan fingerprint density at radius 2 is 1.95 bits per heavy atom. The van der Waals surface area contributed by atoms with Crippen LogP contribution >= 0.6 is 0 Å². The van der Waals surface area contributed by atoms with Gasteiger partial charge in [0.1, 0.15) is 0 Å². The van der Waals surface area contributed by atoms with Crippen molar-refractivity contribution < 1.29 is 9.53 Å². The van der Waals surface area contributed by atoms with E-state index in [1.54, 1.807) is 0 Å². The smallest absolute Gasteiger partial charge is 0.314 e. The van der Waals surface area contributed by atoms with Gasteiger partial charge in [-0.3, -0.25) is 4.79 Å². The number of nitrogens with one attached hydrogen (secondary N) is 1. The van der Waals surface area contributed by atoms with Crippen LogP contribution in [-0.2, 0) is 9.53 Å². The van der Waals surface area contributed by atoms with Gasteiger partial charge in [0.25, 0.3) is 0 Å². The van der Waals surface area contributed by atoms with Crippen LogP contribution in [0.5, 0.6) is 0 Å². The van der Waals surface area contributed by atoms with Gasteiger partial charge >= 0.3 is 5.97 Å². The first-order chi connectivity index (χ1) is 9.33. The van der Waals surface area contributed by atoms with E-state index in [-0.39, 0.29) is 17.9 Å². The molecule has 2 rings (SSSR count). The lowest BCUT2D eigenvalue weighted by Gasteiger charge is -2.29. The van der Waals surface area contributed by atoms with E-state index in [1.165, 1.54) is 20.0 Å². The molecule has 1 saturated heterocycles. The Balaban J connectivity index is 0.000000861. The average molecular weight is 263 g/mol. The number of carbonyl (C=O) groups excluding carboxylic acids is 1. The lowest BCUT2D eigenvalue weighted by Crippen LogP contribution is -2.42. The topological polar surface area (TPSA) is 38.3 Å². The van der Waals surface area contributed by atoms with Crippen LogP contribution in [0.2, 0.25) is 0 Å². The maximum absolute atomic E-state index is 11.9. The molecule has 1 heterocycles. The SMILES string of the molecule is CC.COC(=O)[C@@H](c1ccccc1)[C@H]1CCCCN1. The number of hydrogen-bond donors (Lipinski definition) is 1. The van der Waals surface area contributed by atoms with Gasteiger partial charge in [-0.05, 0) is 24.9 Å². The van der Waals surface area contributed by atoms with E-state index in [2.05, 4.69) is 5.32 Å². The van der Waals surface area contributed by atoms with Crippen molar-refractivity contribution in [1.29, 1.82) is 0 Å². The molecule has 0 unspecified atom stereocenters. The first-order valence-electron chi connectivity index (χ1n) is 7.19. The molecule has 2 atom stereocenters. The van der Waals surface area contributed by atoms with Crippen LogP contribution < -0.4 is 5.32 Å². The molecule has 3 heteroatoms. The van der Waals surface area contributed by atoms with Crippen LogP contribution in [0.25, 0.3) is 0 Å². The van der Waals surface area contributed by atoms with E-state index in [0.717, 1.165) is 18.5 Å². The monoisotopic (exact) mass is 263 g/mol. The predicted octanol–water partition coefficient (Wildman–Crippen LogP) is 3.11. The van der Waals surface area contributed by atoms with Crippen LogP contribution in [0.4, 0.5) is 0 Å². The van der Waals surface area contributed by atoms with E-state index < -0.39 is 0 Å². The van der Waals surface area contributed by atoms with Crippen LogP contribution in [0.1, 0.15) is 44.6 Å². The van der Waals surface area contributed by atoms with Crippen molar-refractivity contribution in [2.75, 3.05) is 13.7 Å². The lowest BCUT2D eigenvalue weighted by atomic mass is 9.86. The van der Waals surface area contributed by atoms with Crippen molar-refractivity contribution >= 4 is 5.97 Å². The number of methoxy groups -OCH3 is 1. The van der Waals surface area contributed by atoms with Gasteiger partial charge < -0.3 is 10.1 Å². The van der Waals surface area contributed by atoms with E-state index in [9.17, 15) is 4.79 Å². The minimum Gasteiger partial charge on any atom is -0.469 e. The molecule has 1 aromatic carbocycles. The lowest BCUT2D eigenvalue weighted by molar-refractivity contribution is -0.143. The molecule has 0 amide bonds. The fourth-order valence-corrected chi connectivity index (χ4v) is 2.48. The predicted molar refractivity (Wildman–Crippen MR) is 78.2 cm³/mol. The van der Waals surface area contributed by atoms with Gasteiger partial charge in [-0.15, -0.1) is 0 Å². The highest BCUT2D eigenvalue weighted by Crippen LogP contribution is 2.26. The zero-order chi connectivity index (χ0) is 14.1. The van der Waals surface area contributed by atoms with Gasteiger partial charge in [0.15, 0.2) is 0 Å². The number of rotatable bonds is 3. The molecule has 1 aromatic rings. The minimum absolute atomic E-state index is 0.143. The number of hydrogen-bond acceptors (Lipinski definition) is 3. The Morgan fingerprint density at radius 3 is 2.47 bits per heavy atom. The quantitative estimate of drug-likeness (QED) is 0.852. The molecule has 1 aliphatic heterocycles. The van der Waals surface area contributed by atoms with Gasteiger partial charge in [0, 0.05) is 6.04 Å². The molecule has 19 heavy (non-hydrogen) atoms. The summed E-state index contributed by atoms with van der Waals surface area (Å²) in [6.45, 7) is 4.99. The number of esters is 1. The Morgan fingerprint density at radius 1 is 1.26 bits per heavy atom. The van der Waals surface area contributed by atoms with E-state index in [1.807, 2.05) is 44.2 Å². The van der Waals surface area contributed by atoms with Crippen molar-refractivity contribution in [3.8, 4) is 0 Å². The normalized spacial score (nSPS) is 19.8. The largest absolute Gasteiger partial charge is 0.469 e. The van der Waals surface area contributed by atoms with Gasteiger partial charge in [0.2, 0.25) is 0 Å². The van der Waals surface area contributed by atoms with Crippen molar-refractivity contribution in [3.63, 3.8) is 0 Å². The summed E-state index contributed by atoms with van der Waals surface area (Å²) in [5.74, 6) is -0.322. The maximum Gasteiger partial charge on any atom is 0.314 e. The summed E-state index contributed by atoms with van der Waals surface area (Å²) in [6, 6.07) is 10.1. The molecule has 0 aliphatic carbocycles. The van der Waals surface area contributed by atoms with Crippen molar-refractivity contribution in [2.45, 2.75) is 45.1 Å². The summed E-state index contributed by atoms with van der Waals surface area (Å²) in [4.78, 5) is 11.9. The fourth-order valence-electron chi connectivity index (χ4n) is 2.48. The highest BCUT2D eigenvalue weighted by molar-refractivity contribution is 5.79. The van der Waals surface area contributed by atoms with E-state index in [0.29, 0.717) is 0 Å². The van der Waals surface area contributed by atoms with Crippen molar-refractivity contribution in [1.82, 2.24) is 5.32 Å². The molecule has 0 radical (unpaired) electrons. The van der Waals surface area contributed by atoms with Gasteiger partial charge in [-0.2, -0.15) is 0 Å². The fraction of sp³-hybridized carbons (Fsp3) is 0.562. The third-order valence-electron chi connectivity index (χ3n) is 3.36. The van der Waals surface area contributed by atoms with Gasteiger partial charge in [-0.1, -0.05) is 50.6 Å². The van der Waals surface area contributed by atoms with Gasteiger partial charge in [0.05, 0.1) is 13.0 Å². The molecule has 3 nitrogen and oxygen atoms in total. The number of ether oxygens (including phenoxy) is 1. The molecular weight excluding hydrogens is 238 g/mol. The third kappa shape index (κ3) is 4.35. The number of piperidine rings is 1. The standard InChI is InChI=1S/C14H19NO2.C2H6/c1-17-14(16)13(11-7-3-2-4-8-11)12-9-5-6-10-15-12;1-2/h2-4,7-8,12-13,15H,5-6,9-10H2,1H3;1-2H3/t12-,13+;/m1./s1. The highest BCUT2D eigenvalue weighted by Gasteiger charge is 2.31. The van der Waals surface area contributed by atoms with Crippen LogP contribution in [-0.4, -0.2) is 25.7 Å². The average Bonchev–Trinajstić information content (AvgIpc) is 2.51. The van der Waals surface area contributed by atoms with E-state index >= 15 is 0 Å². The Kier molecular flexibility index (Phi) is 7.19. The van der Waals surface area contributed by atoms with Crippen LogP contribution in [0, 0.1) is 0 Å². The molecule has 0 aromatic heterocycles. The molecule has 1 fully saturated rings. The molecule has 0 saturated carbocycles. The Labute approximate surface area is 116 Å². The highest BCUT2D eigenvalue weighted by atomic mass is 16.5. The summed E-state index contributed by atoms with van der Waals surface area (Å²) >= 11 is 0. The number of carbonyl (C=O) groups is 1.